The molecule has 17 heavy (non-hydrogen) atoms. The Hall–Kier alpha value is -1.35. The minimum atomic E-state index is -0.796. The number of ether oxygens (including phenoxy) is 1. The van der Waals surface area contributed by atoms with Crippen LogP contribution in [0.4, 0.5) is 0 Å². The molecule has 1 aromatic carbocycles. The summed E-state index contributed by atoms with van der Waals surface area (Å²) in [7, 11) is 0. The molecule has 1 N–H and O–H groups in total. The van der Waals surface area contributed by atoms with E-state index in [1.54, 1.807) is 0 Å². The second kappa shape index (κ2) is 5.82. The monoisotopic (exact) mass is 234 g/mol. The van der Waals surface area contributed by atoms with E-state index >= 15 is 0 Å². The van der Waals surface area contributed by atoms with Crippen molar-refractivity contribution in [3.8, 4) is 0 Å². The molecular weight excluding hydrogens is 216 g/mol. The van der Waals surface area contributed by atoms with Crippen molar-refractivity contribution in [2.24, 2.45) is 5.92 Å². The van der Waals surface area contributed by atoms with Crippen molar-refractivity contribution in [3.63, 3.8) is 0 Å². The van der Waals surface area contributed by atoms with Crippen molar-refractivity contribution in [1.82, 2.24) is 0 Å². The van der Waals surface area contributed by atoms with Crippen LogP contribution in [-0.4, -0.2) is 17.7 Å². The number of hydrogen-bond acceptors (Lipinski definition) is 2. The molecule has 1 fully saturated rings. The number of rotatable bonds is 7. The van der Waals surface area contributed by atoms with E-state index < -0.39 is 5.97 Å². The van der Waals surface area contributed by atoms with Gasteiger partial charge in [-0.15, -0.1) is 0 Å². The first-order valence-electron chi connectivity index (χ1n) is 6.12. The third-order valence-electron chi connectivity index (χ3n) is 3.08. The van der Waals surface area contributed by atoms with E-state index in [9.17, 15) is 4.79 Å². The Morgan fingerprint density at radius 2 is 2.00 bits per heavy atom. The first-order chi connectivity index (χ1) is 8.25. The first-order valence-corrected chi connectivity index (χ1v) is 6.12. The molecule has 0 saturated heterocycles. The summed E-state index contributed by atoms with van der Waals surface area (Å²) in [4.78, 5) is 10.7. The van der Waals surface area contributed by atoms with E-state index in [2.05, 4.69) is 0 Å². The molecule has 1 aliphatic rings. The van der Waals surface area contributed by atoms with Gasteiger partial charge in [-0.05, 0) is 23.5 Å². The second-order valence-electron chi connectivity index (χ2n) is 4.62. The van der Waals surface area contributed by atoms with E-state index in [4.69, 9.17) is 9.84 Å². The van der Waals surface area contributed by atoms with Crippen LogP contribution in [-0.2, 0) is 22.6 Å². The fourth-order valence-corrected chi connectivity index (χ4v) is 1.87. The van der Waals surface area contributed by atoms with Gasteiger partial charge >= 0.3 is 5.97 Å². The fourth-order valence-electron chi connectivity index (χ4n) is 1.87. The highest BCUT2D eigenvalue weighted by Gasteiger charge is 2.20. The van der Waals surface area contributed by atoms with Crippen LogP contribution in [0.5, 0.6) is 0 Å². The number of hydrogen-bond donors (Lipinski definition) is 1. The van der Waals surface area contributed by atoms with E-state index in [1.165, 1.54) is 12.8 Å². The topological polar surface area (TPSA) is 46.5 Å². The maximum Gasteiger partial charge on any atom is 0.307 e. The number of carbonyl (C=O) groups is 1. The molecular formula is C14H18O3. The average molecular weight is 234 g/mol. The van der Waals surface area contributed by atoms with Gasteiger partial charge in [0.05, 0.1) is 13.0 Å². The Labute approximate surface area is 101 Å². The number of benzene rings is 1. The highest BCUT2D eigenvalue weighted by molar-refractivity contribution is 5.70. The minimum Gasteiger partial charge on any atom is -0.481 e. The number of carboxylic acids is 1. The van der Waals surface area contributed by atoms with Crippen molar-refractivity contribution in [2.45, 2.75) is 32.3 Å². The lowest BCUT2D eigenvalue weighted by atomic mass is 10.1. The normalized spacial score (nSPS) is 14.8. The molecule has 0 unspecified atom stereocenters. The molecule has 0 aliphatic heterocycles. The summed E-state index contributed by atoms with van der Waals surface area (Å²) in [5.41, 5.74) is 1.84. The lowest BCUT2D eigenvalue weighted by Crippen LogP contribution is -2.05. The lowest BCUT2D eigenvalue weighted by molar-refractivity contribution is -0.136. The summed E-state index contributed by atoms with van der Waals surface area (Å²) >= 11 is 0. The molecule has 2 rings (SSSR count). The second-order valence-corrected chi connectivity index (χ2v) is 4.62. The molecule has 3 nitrogen and oxygen atoms in total. The maximum absolute atomic E-state index is 10.7. The van der Waals surface area contributed by atoms with Gasteiger partial charge in [-0.2, -0.15) is 0 Å². The van der Waals surface area contributed by atoms with Crippen LogP contribution in [0.1, 0.15) is 30.4 Å². The molecule has 0 heterocycles. The molecule has 92 valence electrons. The van der Waals surface area contributed by atoms with Crippen LogP contribution < -0.4 is 0 Å². The van der Waals surface area contributed by atoms with Crippen LogP contribution in [0.25, 0.3) is 0 Å². The molecule has 0 atom stereocenters. The Bertz CT molecular complexity index is 383. The average Bonchev–Trinajstić information content (AvgIpc) is 3.09. The summed E-state index contributed by atoms with van der Waals surface area (Å²) in [5, 5.41) is 8.80. The molecule has 1 saturated carbocycles. The Kier molecular flexibility index (Phi) is 4.15. The van der Waals surface area contributed by atoms with Gasteiger partial charge < -0.3 is 9.84 Å². The zero-order valence-electron chi connectivity index (χ0n) is 9.89. The predicted octanol–water partition coefficient (Wildman–Crippen LogP) is 2.63. The van der Waals surface area contributed by atoms with Gasteiger partial charge in [0.15, 0.2) is 0 Å². The quantitative estimate of drug-likeness (QED) is 0.738. The molecule has 0 spiro atoms. The molecule has 1 aliphatic carbocycles. The van der Waals surface area contributed by atoms with Gasteiger partial charge in [0.2, 0.25) is 0 Å². The molecule has 0 radical (unpaired) electrons. The summed E-state index contributed by atoms with van der Waals surface area (Å²) in [6.45, 7) is 1.31. The van der Waals surface area contributed by atoms with Crippen LogP contribution in [0.2, 0.25) is 0 Å². The van der Waals surface area contributed by atoms with Crippen LogP contribution in [0.15, 0.2) is 24.3 Å². The largest absolute Gasteiger partial charge is 0.481 e. The predicted molar refractivity (Wildman–Crippen MR) is 64.8 cm³/mol. The van der Waals surface area contributed by atoms with Gasteiger partial charge in [-0.1, -0.05) is 37.1 Å². The van der Waals surface area contributed by atoms with Gasteiger partial charge in [-0.3, -0.25) is 4.79 Å². The van der Waals surface area contributed by atoms with E-state index in [0.29, 0.717) is 6.61 Å². The smallest absolute Gasteiger partial charge is 0.307 e. The molecule has 0 bridgehead atoms. The lowest BCUT2D eigenvalue weighted by Gasteiger charge is -2.08. The van der Waals surface area contributed by atoms with E-state index in [0.717, 1.165) is 30.1 Å². The maximum atomic E-state index is 10.7. The van der Waals surface area contributed by atoms with Crippen LogP contribution >= 0.6 is 0 Å². The Morgan fingerprint density at radius 3 is 2.65 bits per heavy atom. The van der Waals surface area contributed by atoms with Gasteiger partial charge in [0, 0.05) is 6.61 Å². The third kappa shape index (κ3) is 4.19. The minimum absolute atomic E-state index is 0.0716. The van der Waals surface area contributed by atoms with Crippen molar-refractivity contribution < 1.29 is 14.6 Å². The fraction of sp³-hybridized carbons (Fsp3) is 0.500. The summed E-state index contributed by atoms with van der Waals surface area (Å²) in [6, 6.07) is 7.58. The molecule has 3 heteroatoms. The first kappa shape index (κ1) is 12.1. The van der Waals surface area contributed by atoms with Crippen LogP contribution in [0.3, 0.4) is 0 Å². The summed E-state index contributed by atoms with van der Waals surface area (Å²) in [6.07, 6.45) is 3.90. The highest BCUT2D eigenvalue weighted by atomic mass is 16.5. The molecule has 0 aromatic heterocycles. The third-order valence-corrected chi connectivity index (χ3v) is 3.08. The van der Waals surface area contributed by atoms with Gasteiger partial charge in [-0.25, -0.2) is 0 Å². The van der Waals surface area contributed by atoms with Crippen molar-refractivity contribution in [1.29, 1.82) is 0 Å². The number of aliphatic carboxylic acids is 1. The SMILES string of the molecule is O=C(O)Cc1ccccc1COCCC1CC1. The highest BCUT2D eigenvalue weighted by Crippen LogP contribution is 2.32. The van der Waals surface area contributed by atoms with Crippen molar-refractivity contribution >= 4 is 5.97 Å². The zero-order valence-corrected chi connectivity index (χ0v) is 9.89. The summed E-state index contributed by atoms with van der Waals surface area (Å²) < 4.78 is 5.60. The van der Waals surface area contributed by atoms with E-state index in [1.807, 2.05) is 24.3 Å². The zero-order chi connectivity index (χ0) is 12.1. The van der Waals surface area contributed by atoms with Crippen molar-refractivity contribution in [3.05, 3.63) is 35.4 Å². The standard InChI is InChI=1S/C14H18O3/c15-14(16)9-12-3-1-2-4-13(12)10-17-8-7-11-5-6-11/h1-4,11H,5-10H2,(H,15,16). The Morgan fingerprint density at radius 1 is 1.29 bits per heavy atom. The number of carboxylic acid groups (broad SMARTS) is 1. The summed E-state index contributed by atoms with van der Waals surface area (Å²) in [5.74, 6) is 0.0830. The van der Waals surface area contributed by atoms with Gasteiger partial charge in [0.25, 0.3) is 0 Å². The Balaban J connectivity index is 1.82. The van der Waals surface area contributed by atoms with Crippen molar-refractivity contribution in [2.75, 3.05) is 6.61 Å². The van der Waals surface area contributed by atoms with Crippen LogP contribution in [0, 0.1) is 5.92 Å². The van der Waals surface area contributed by atoms with E-state index in [-0.39, 0.29) is 6.42 Å². The molecule has 0 amide bonds. The molecule has 1 aromatic rings. The van der Waals surface area contributed by atoms with Gasteiger partial charge in [0.1, 0.15) is 0 Å².